The van der Waals surface area contributed by atoms with Crippen LogP contribution in [0.5, 0.6) is 5.75 Å². The highest BCUT2D eigenvalue weighted by atomic mass is 16.5. The Morgan fingerprint density at radius 1 is 1.24 bits per heavy atom. The molecule has 0 bridgehead atoms. The van der Waals surface area contributed by atoms with Crippen molar-refractivity contribution in [3.8, 4) is 5.75 Å². The standard InChI is InChI=1S/C19H25N3O3/c1-13(23)14-6-5-7-16(10-14)25-12-15-11-17(22-21-15)18(24)20-9-8-19(2,3)4/h5-7,10-11H,8-9,12H2,1-4H3,(H,20,24)(H,21,22). The fourth-order valence-corrected chi connectivity index (χ4v) is 2.16. The Labute approximate surface area is 148 Å². The molecule has 0 fully saturated rings. The smallest absolute Gasteiger partial charge is 0.271 e. The van der Waals surface area contributed by atoms with E-state index in [1.54, 1.807) is 30.3 Å². The lowest BCUT2D eigenvalue weighted by Crippen LogP contribution is -2.27. The van der Waals surface area contributed by atoms with Crippen LogP contribution in [0.4, 0.5) is 0 Å². The summed E-state index contributed by atoms with van der Waals surface area (Å²) in [7, 11) is 0. The molecule has 1 amide bonds. The molecule has 25 heavy (non-hydrogen) atoms. The van der Waals surface area contributed by atoms with E-state index >= 15 is 0 Å². The van der Waals surface area contributed by atoms with Gasteiger partial charge in [0.2, 0.25) is 0 Å². The molecule has 2 rings (SSSR count). The molecule has 0 aliphatic heterocycles. The second-order valence-corrected chi connectivity index (χ2v) is 7.22. The van der Waals surface area contributed by atoms with Gasteiger partial charge in [-0.05, 0) is 37.0 Å². The van der Waals surface area contributed by atoms with Gasteiger partial charge in [-0.2, -0.15) is 5.10 Å². The van der Waals surface area contributed by atoms with Gasteiger partial charge >= 0.3 is 0 Å². The number of ketones is 1. The number of benzene rings is 1. The molecule has 6 heteroatoms. The van der Waals surface area contributed by atoms with Crippen LogP contribution in [-0.2, 0) is 6.61 Å². The number of H-pyrrole nitrogens is 1. The molecule has 0 aliphatic carbocycles. The first kappa shape index (κ1) is 18.7. The number of aromatic amines is 1. The summed E-state index contributed by atoms with van der Waals surface area (Å²) in [4.78, 5) is 23.4. The minimum absolute atomic E-state index is 0.0128. The lowest BCUT2D eigenvalue weighted by Gasteiger charge is -2.17. The van der Waals surface area contributed by atoms with Crippen molar-refractivity contribution in [3.05, 3.63) is 47.3 Å². The van der Waals surface area contributed by atoms with Crippen LogP contribution in [0.1, 0.15) is 60.7 Å². The summed E-state index contributed by atoms with van der Waals surface area (Å²) in [5.74, 6) is 0.380. The van der Waals surface area contributed by atoms with Gasteiger partial charge in [0.15, 0.2) is 5.78 Å². The fourth-order valence-electron chi connectivity index (χ4n) is 2.16. The highest BCUT2D eigenvalue weighted by Gasteiger charge is 2.13. The van der Waals surface area contributed by atoms with Crippen molar-refractivity contribution in [2.75, 3.05) is 6.54 Å². The molecule has 0 aliphatic rings. The van der Waals surface area contributed by atoms with E-state index in [0.717, 1.165) is 6.42 Å². The van der Waals surface area contributed by atoms with Crippen molar-refractivity contribution >= 4 is 11.7 Å². The number of nitrogens with one attached hydrogen (secondary N) is 2. The third-order valence-corrected chi connectivity index (χ3v) is 3.66. The predicted molar refractivity (Wildman–Crippen MR) is 95.8 cm³/mol. The van der Waals surface area contributed by atoms with Gasteiger partial charge in [-0.3, -0.25) is 14.7 Å². The molecule has 1 heterocycles. The highest BCUT2D eigenvalue weighted by molar-refractivity contribution is 5.94. The summed E-state index contributed by atoms with van der Waals surface area (Å²) in [5, 5.41) is 9.68. The van der Waals surface area contributed by atoms with E-state index in [9.17, 15) is 9.59 Å². The number of aromatic nitrogens is 2. The topological polar surface area (TPSA) is 84.1 Å². The number of carbonyl (C=O) groups is 2. The van der Waals surface area contributed by atoms with E-state index in [1.807, 2.05) is 0 Å². The lowest BCUT2D eigenvalue weighted by atomic mass is 9.92. The molecule has 0 unspecified atom stereocenters. The summed E-state index contributed by atoms with van der Waals surface area (Å²) in [6.45, 7) is 8.75. The zero-order valence-corrected chi connectivity index (χ0v) is 15.2. The minimum atomic E-state index is -0.203. The molecule has 2 N–H and O–H groups in total. The molecule has 0 spiro atoms. The predicted octanol–water partition coefficient (Wildman–Crippen LogP) is 3.36. The van der Waals surface area contributed by atoms with Crippen LogP contribution in [0.15, 0.2) is 30.3 Å². The first-order valence-corrected chi connectivity index (χ1v) is 8.31. The summed E-state index contributed by atoms with van der Waals surface area (Å²) < 4.78 is 5.65. The van der Waals surface area contributed by atoms with Crippen LogP contribution in [0.2, 0.25) is 0 Å². The molecule has 2 aromatic rings. The van der Waals surface area contributed by atoms with E-state index in [1.165, 1.54) is 6.92 Å². The Balaban J connectivity index is 1.88. The van der Waals surface area contributed by atoms with Gasteiger partial charge in [0.25, 0.3) is 5.91 Å². The first-order valence-electron chi connectivity index (χ1n) is 8.31. The van der Waals surface area contributed by atoms with Crippen molar-refractivity contribution < 1.29 is 14.3 Å². The third kappa shape index (κ3) is 6.06. The number of rotatable bonds is 7. The zero-order valence-electron chi connectivity index (χ0n) is 15.2. The maximum atomic E-state index is 12.1. The van der Waals surface area contributed by atoms with Crippen molar-refractivity contribution in [3.63, 3.8) is 0 Å². The van der Waals surface area contributed by atoms with Crippen LogP contribution in [0, 0.1) is 5.41 Å². The van der Waals surface area contributed by atoms with E-state index in [2.05, 4.69) is 36.3 Å². The molecule has 6 nitrogen and oxygen atoms in total. The van der Waals surface area contributed by atoms with E-state index < -0.39 is 0 Å². The number of hydrogen-bond acceptors (Lipinski definition) is 4. The number of carbonyl (C=O) groups excluding carboxylic acids is 2. The SMILES string of the molecule is CC(=O)c1cccc(OCc2cc(C(=O)NCCC(C)(C)C)n[nH]2)c1. The number of ether oxygens (including phenoxy) is 1. The van der Waals surface area contributed by atoms with Gasteiger partial charge in [-0.15, -0.1) is 0 Å². The number of hydrogen-bond donors (Lipinski definition) is 2. The molecule has 0 radical (unpaired) electrons. The van der Waals surface area contributed by atoms with Gasteiger partial charge in [0.1, 0.15) is 18.1 Å². The van der Waals surface area contributed by atoms with Crippen LogP contribution >= 0.6 is 0 Å². The normalized spacial score (nSPS) is 11.2. The van der Waals surface area contributed by atoms with Crippen molar-refractivity contribution in [2.24, 2.45) is 5.41 Å². The molecule has 0 saturated carbocycles. The van der Waals surface area contributed by atoms with E-state index in [4.69, 9.17) is 4.74 Å². The molecule has 0 saturated heterocycles. The summed E-state index contributed by atoms with van der Waals surface area (Å²) >= 11 is 0. The average molecular weight is 343 g/mol. The Hall–Kier alpha value is -2.63. The Morgan fingerprint density at radius 2 is 2.00 bits per heavy atom. The van der Waals surface area contributed by atoms with Gasteiger partial charge < -0.3 is 10.1 Å². The van der Waals surface area contributed by atoms with Gasteiger partial charge in [-0.25, -0.2) is 0 Å². The second-order valence-electron chi connectivity index (χ2n) is 7.22. The Bertz CT molecular complexity index is 744. The molecule has 1 aromatic heterocycles. The Kier molecular flexibility index (Phi) is 5.96. The highest BCUT2D eigenvalue weighted by Crippen LogP contribution is 2.17. The average Bonchev–Trinajstić information content (AvgIpc) is 3.01. The summed E-state index contributed by atoms with van der Waals surface area (Å²) in [5.41, 5.74) is 1.80. The first-order chi connectivity index (χ1) is 11.7. The maximum Gasteiger partial charge on any atom is 0.271 e. The molecular formula is C19H25N3O3. The van der Waals surface area contributed by atoms with Crippen LogP contribution in [-0.4, -0.2) is 28.4 Å². The molecule has 0 atom stereocenters. The quantitative estimate of drug-likeness (QED) is 0.755. The monoisotopic (exact) mass is 343 g/mol. The van der Waals surface area contributed by atoms with E-state index in [-0.39, 0.29) is 23.7 Å². The van der Waals surface area contributed by atoms with Crippen LogP contribution in [0.3, 0.4) is 0 Å². The van der Waals surface area contributed by atoms with Crippen molar-refractivity contribution in [1.29, 1.82) is 0 Å². The third-order valence-electron chi connectivity index (χ3n) is 3.66. The van der Waals surface area contributed by atoms with Crippen molar-refractivity contribution in [2.45, 2.75) is 40.7 Å². The van der Waals surface area contributed by atoms with E-state index in [0.29, 0.717) is 29.2 Å². The number of amides is 1. The Morgan fingerprint density at radius 3 is 2.68 bits per heavy atom. The summed E-state index contributed by atoms with van der Waals surface area (Å²) in [6, 6.07) is 8.65. The number of nitrogens with zero attached hydrogens (tertiary/aromatic N) is 1. The minimum Gasteiger partial charge on any atom is -0.487 e. The largest absolute Gasteiger partial charge is 0.487 e. The van der Waals surface area contributed by atoms with Crippen molar-refractivity contribution in [1.82, 2.24) is 15.5 Å². The molecular weight excluding hydrogens is 318 g/mol. The lowest BCUT2D eigenvalue weighted by molar-refractivity contribution is 0.0943. The second kappa shape index (κ2) is 7.96. The number of Topliss-reactive ketones (excluding diaryl/α,β-unsaturated/α-hetero) is 1. The van der Waals surface area contributed by atoms with Crippen LogP contribution < -0.4 is 10.1 Å². The maximum absolute atomic E-state index is 12.1. The molecule has 1 aromatic carbocycles. The van der Waals surface area contributed by atoms with Gasteiger partial charge in [0.05, 0.1) is 5.69 Å². The van der Waals surface area contributed by atoms with Gasteiger partial charge in [0, 0.05) is 12.1 Å². The zero-order chi connectivity index (χ0) is 18.4. The fraction of sp³-hybridized carbons (Fsp3) is 0.421. The summed E-state index contributed by atoms with van der Waals surface area (Å²) in [6.07, 6.45) is 0.894. The van der Waals surface area contributed by atoms with Crippen LogP contribution in [0.25, 0.3) is 0 Å². The van der Waals surface area contributed by atoms with Gasteiger partial charge in [-0.1, -0.05) is 32.9 Å². The molecule has 134 valence electrons.